The molecule has 0 bridgehead atoms. The number of allylic oxidation sites excluding steroid dienone is 1. The third-order valence-electron chi connectivity index (χ3n) is 6.62. The van der Waals surface area contributed by atoms with Crippen molar-refractivity contribution in [1.29, 1.82) is 0 Å². The predicted molar refractivity (Wildman–Crippen MR) is 163 cm³/mol. The number of aliphatic imine (C=N–C) groups is 1. The largest absolute Gasteiger partial charge is 0.404 e. The summed E-state index contributed by atoms with van der Waals surface area (Å²) in [7, 11) is -2.30. The smallest absolute Gasteiger partial charge is 0.321 e. The zero-order valence-electron chi connectivity index (χ0n) is 23.1. The van der Waals surface area contributed by atoms with Crippen LogP contribution in [0, 0.1) is 6.92 Å². The second-order valence-electron chi connectivity index (χ2n) is 9.55. The van der Waals surface area contributed by atoms with Crippen LogP contribution in [0.2, 0.25) is 0 Å². The molecule has 0 aliphatic carbocycles. The van der Waals surface area contributed by atoms with E-state index in [0.717, 1.165) is 5.56 Å². The number of nitrogens with zero attached hydrogens (tertiary/aromatic N) is 5. The van der Waals surface area contributed by atoms with E-state index in [1.165, 1.54) is 18.5 Å². The van der Waals surface area contributed by atoms with E-state index in [0.29, 0.717) is 71.1 Å². The van der Waals surface area contributed by atoms with E-state index in [4.69, 9.17) is 10.5 Å². The Balaban J connectivity index is 1.35. The fraction of sp³-hybridized carbons (Fsp3) is 0.207. The number of hydrogen-bond donors (Lipinski definition) is 3. The number of nitrogens with one attached hydrogen (secondary N) is 2. The van der Waals surface area contributed by atoms with Gasteiger partial charge in [0.2, 0.25) is 0 Å². The summed E-state index contributed by atoms with van der Waals surface area (Å²) in [4.78, 5) is 31.6. The molecule has 5 rings (SSSR count). The summed E-state index contributed by atoms with van der Waals surface area (Å²) in [5.74, 6) is 0. The summed E-state index contributed by atoms with van der Waals surface area (Å²) in [5.41, 5.74) is 11.0. The molecule has 0 radical (unpaired) electrons. The highest BCUT2D eigenvalue weighted by molar-refractivity contribution is 7.92. The molecule has 4 N–H and O–H groups in total. The molecule has 13 heteroatoms. The maximum atomic E-state index is 13.3. The molecule has 12 nitrogen and oxygen atoms in total. The number of pyridine rings is 1. The van der Waals surface area contributed by atoms with Crippen LogP contribution in [-0.4, -0.2) is 73.9 Å². The van der Waals surface area contributed by atoms with Gasteiger partial charge in [-0.1, -0.05) is 6.07 Å². The molecule has 42 heavy (non-hydrogen) atoms. The number of nitrogens with two attached hydrogens (primary N) is 1. The van der Waals surface area contributed by atoms with Crippen molar-refractivity contribution in [2.75, 3.05) is 43.4 Å². The average molecular weight is 587 g/mol. The van der Waals surface area contributed by atoms with Gasteiger partial charge >= 0.3 is 6.03 Å². The minimum atomic E-state index is -3.95. The fourth-order valence-corrected chi connectivity index (χ4v) is 5.79. The molecular weight excluding hydrogens is 556 g/mol. The molecule has 1 aliphatic heterocycles. The van der Waals surface area contributed by atoms with E-state index in [9.17, 15) is 13.2 Å². The van der Waals surface area contributed by atoms with Crippen LogP contribution in [0.1, 0.15) is 11.3 Å². The zero-order chi connectivity index (χ0) is 29.7. The van der Waals surface area contributed by atoms with Crippen molar-refractivity contribution in [3.05, 3.63) is 78.5 Å². The summed E-state index contributed by atoms with van der Waals surface area (Å²) < 4.78 is 34.5. The van der Waals surface area contributed by atoms with E-state index in [1.54, 1.807) is 55.7 Å². The highest BCUT2D eigenvalue weighted by Crippen LogP contribution is 2.27. The Bertz CT molecular complexity index is 1800. The third-order valence-corrected chi connectivity index (χ3v) is 8.17. The number of sulfonamides is 1. The summed E-state index contributed by atoms with van der Waals surface area (Å²) in [6.07, 6.45) is 7.74. The van der Waals surface area contributed by atoms with E-state index < -0.39 is 10.0 Å². The first-order chi connectivity index (χ1) is 20.3. The van der Waals surface area contributed by atoms with Crippen molar-refractivity contribution in [2.45, 2.75) is 11.8 Å². The lowest BCUT2D eigenvalue weighted by Gasteiger charge is -2.27. The van der Waals surface area contributed by atoms with Gasteiger partial charge in [0.05, 0.1) is 52.9 Å². The maximum absolute atomic E-state index is 13.3. The quantitative estimate of drug-likeness (QED) is 0.276. The molecule has 2 aromatic heterocycles. The van der Waals surface area contributed by atoms with Gasteiger partial charge in [-0.3, -0.25) is 19.7 Å². The molecule has 216 valence electrons. The number of ether oxygens (including phenoxy) is 1. The molecule has 3 heterocycles. The molecule has 0 spiro atoms. The molecule has 1 fully saturated rings. The first kappa shape index (κ1) is 28.6. The van der Waals surface area contributed by atoms with Gasteiger partial charge in [0.15, 0.2) is 0 Å². The number of aryl methyl sites for hydroxylation is 1. The van der Waals surface area contributed by atoms with Gasteiger partial charge in [0, 0.05) is 55.6 Å². The lowest BCUT2D eigenvalue weighted by atomic mass is 10.1. The van der Waals surface area contributed by atoms with Gasteiger partial charge in [-0.15, -0.1) is 0 Å². The van der Waals surface area contributed by atoms with E-state index >= 15 is 0 Å². The molecule has 1 saturated heterocycles. The number of aromatic nitrogens is 3. The first-order valence-electron chi connectivity index (χ1n) is 13.1. The van der Waals surface area contributed by atoms with Gasteiger partial charge in [0.25, 0.3) is 10.0 Å². The molecule has 2 amide bonds. The minimum Gasteiger partial charge on any atom is -0.404 e. The van der Waals surface area contributed by atoms with Crippen LogP contribution in [0.25, 0.3) is 27.7 Å². The molecule has 4 aromatic rings. The topological polar surface area (TPSA) is 165 Å². The Morgan fingerprint density at radius 1 is 1.02 bits per heavy atom. The average Bonchev–Trinajstić information content (AvgIpc) is 2.99. The van der Waals surface area contributed by atoms with Crippen molar-refractivity contribution < 1.29 is 17.9 Å². The lowest BCUT2D eigenvalue weighted by molar-refractivity contribution is 0.0564. The molecule has 1 aliphatic rings. The number of morpholine rings is 1. The van der Waals surface area contributed by atoms with Crippen molar-refractivity contribution in [1.82, 2.24) is 19.9 Å². The molecule has 0 unspecified atom stereocenters. The summed E-state index contributed by atoms with van der Waals surface area (Å²) >= 11 is 0. The normalized spacial score (nSPS) is 14.3. The number of carbonyl (C=O) groups excluding carboxylic acids is 1. The number of urea groups is 1. The summed E-state index contributed by atoms with van der Waals surface area (Å²) in [6, 6.07) is 11.7. The minimum absolute atomic E-state index is 0.0881. The number of fused-ring (bicyclic) bond motifs is 1. The number of carbonyl (C=O) groups is 1. The van der Waals surface area contributed by atoms with E-state index in [2.05, 4.69) is 30.0 Å². The number of rotatable bonds is 7. The third kappa shape index (κ3) is 6.37. The van der Waals surface area contributed by atoms with Crippen molar-refractivity contribution in [3.8, 4) is 11.1 Å². The Kier molecular flexibility index (Phi) is 8.41. The molecule has 0 saturated carbocycles. The highest BCUT2D eigenvalue weighted by Gasteiger charge is 2.20. The van der Waals surface area contributed by atoms with E-state index in [1.807, 2.05) is 18.2 Å². The first-order valence-corrected chi connectivity index (χ1v) is 14.6. The zero-order valence-corrected chi connectivity index (χ0v) is 23.9. The van der Waals surface area contributed by atoms with Gasteiger partial charge < -0.3 is 20.7 Å². The molecule has 0 atom stereocenters. The second kappa shape index (κ2) is 12.3. The van der Waals surface area contributed by atoms with Crippen LogP contribution < -0.4 is 15.8 Å². The molecular formula is C29H30N8O4S. The number of benzene rings is 2. The van der Waals surface area contributed by atoms with Crippen molar-refractivity contribution >= 4 is 50.3 Å². The summed E-state index contributed by atoms with van der Waals surface area (Å²) in [5, 5.41) is 2.82. The standard InChI is InChI=1S/C29H30N8O4S/c1-19-11-23(34-29(38)37-7-9-41-10-8-37)4-6-28(19)42(39,40)36-24-12-21(16-32-17-24)20-3-5-25-26(13-20)35-27(18-33-25)22(14-30)15-31-2/h3-6,11-18,36H,7-10,30H2,1-2H3,(H,34,38). The van der Waals surface area contributed by atoms with E-state index in [-0.39, 0.29) is 10.9 Å². The second-order valence-corrected chi connectivity index (χ2v) is 11.2. The van der Waals surface area contributed by atoms with Gasteiger partial charge in [-0.05, 0) is 54.4 Å². The van der Waals surface area contributed by atoms with Gasteiger partial charge in [-0.2, -0.15) is 0 Å². The monoisotopic (exact) mass is 586 g/mol. The van der Waals surface area contributed by atoms with Crippen molar-refractivity contribution in [2.24, 2.45) is 10.7 Å². The summed E-state index contributed by atoms with van der Waals surface area (Å²) in [6.45, 7) is 3.66. The highest BCUT2D eigenvalue weighted by atomic mass is 32.2. The van der Waals surface area contributed by atoms with Crippen LogP contribution >= 0.6 is 0 Å². The Morgan fingerprint density at radius 2 is 1.83 bits per heavy atom. The Labute approximate surface area is 243 Å². The van der Waals surface area contributed by atoms with Crippen LogP contribution in [-0.2, 0) is 14.8 Å². The number of amides is 2. The van der Waals surface area contributed by atoms with Crippen LogP contribution in [0.3, 0.4) is 0 Å². The van der Waals surface area contributed by atoms with Crippen LogP contribution in [0.4, 0.5) is 16.2 Å². The van der Waals surface area contributed by atoms with Crippen molar-refractivity contribution in [3.63, 3.8) is 0 Å². The Hall–Kier alpha value is -4.88. The Morgan fingerprint density at radius 3 is 2.57 bits per heavy atom. The lowest BCUT2D eigenvalue weighted by Crippen LogP contribution is -2.43. The molecule has 2 aromatic carbocycles. The van der Waals surface area contributed by atoms with Crippen LogP contribution in [0.15, 0.2) is 77.1 Å². The van der Waals surface area contributed by atoms with Gasteiger partial charge in [-0.25, -0.2) is 18.2 Å². The fourth-order valence-electron chi connectivity index (χ4n) is 4.53. The SMILES string of the molecule is CN=CC(=CN)c1cnc2ccc(-c3cncc(NS(=O)(=O)c4ccc(NC(=O)N5CCOCC5)cc4C)c3)cc2n1. The maximum Gasteiger partial charge on any atom is 0.321 e. The predicted octanol–water partition coefficient (Wildman–Crippen LogP) is 3.67. The number of hydrogen-bond acceptors (Lipinski definition) is 9. The van der Waals surface area contributed by atoms with Crippen LogP contribution in [0.5, 0.6) is 0 Å². The number of anilines is 2. The van der Waals surface area contributed by atoms with Gasteiger partial charge in [0.1, 0.15) is 0 Å².